The van der Waals surface area contributed by atoms with Crippen molar-refractivity contribution in [2.24, 2.45) is 0 Å². The number of hydrogen-bond donors (Lipinski definition) is 2. The lowest BCUT2D eigenvalue weighted by atomic mass is 10.1. The van der Waals surface area contributed by atoms with Crippen LogP contribution in [0.25, 0.3) is 11.5 Å². The van der Waals surface area contributed by atoms with Gasteiger partial charge in [-0.25, -0.2) is 0 Å². The number of thioether (sulfide) groups is 1. The number of benzene rings is 2. The number of nitrogens with zero attached hydrogens (tertiary/aromatic N) is 2. The summed E-state index contributed by atoms with van der Waals surface area (Å²) in [5, 5.41) is 27.2. The fourth-order valence-corrected chi connectivity index (χ4v) is 2.80. The normalized spacial score (nSPS) is 10.7. The van der Waals surface area contributed by atoms with Crippen molar-refractivity contribution in [2.75, 3.05) is 5.75 Å². The van der Waals surface area contributed by atoms with E-state index in [1.807, 2.05) is 31.2 Å². The molecule has 3 rings (SSSR count). The monoisotopic (exact) mass is 342 g/mol. The van der Waals surface area contributed by atoms with Crippen molar-refractivity contribution in [2.45, 2.75) is 12.1 Å². The number of carbonyl (C=O) groups is 1. The zero-order valence-electron chi connectivity index (χ0n) is 12.8. The molecular weight excluding hydrogens is 328 g/mol. The van der Waals surface area contributed by atoms with E-state index in [9.17, 15) is 15.0 Å². The molecule has 122 valence electrons. The lowest BCUT2D eigenvalue weighted by Crippen LogP contribution is -2.02. The van der Waals surface area contributed by atoms with Crippen molar-refractivity contribution < 1.29 is 19.4 Å². The summed E-state index contributed by atoms with van der Waals surface area (Å²) in [7, 11) is 0. The zero-order chi connectivity index (χ0) is 17.1. The topological polar surface area (TPSA) is 96.5 Å². The van der Waals surface area contributed by atoms with Crippen LogP contribution in [0.3, 0.4) is 0 Å². The van der Waals surface area contributed by atoms with Crippen LogP contribution in [0.15, 0.2) is 52.1 Å². The van der Waals surface area contributed by atoms with Crippen LogP contribution >= 0.6 is 11.8 Å². The Kier molecular flexibility index (Phi) is 4.52. The van der Waals surface area contributed by atoms with Crippen LogP contribution in [0.1, 0.15) is 15.9 Å². The maximum Gasteiger partial charge on any atom is 0.277 e. The van der Waals surface area contributed by atoms with E-state index in [2.05, 4.69) is 10.2 Å². The van der Waals surface area contributed by atoms with Crippen LogP contribution in [0.4, 0.5) is 0 Å². The summed E-state index contributed by atoms with van der Waals surface area (Å²) < 4.78 is 5.57. The van der Waals surface area contributed by atoms with Crippen LogP contribution in [0.2, 0.25) is 0 Å². The Morgan fingerprint density at radius 2 is 1.96 bits per heavy atom. The molecule has 0 unspecified atom stereocenters. The largest absolute Gasteiger partial charge is 0.508 e. The Labute approximate surface area is 142 Å². The van der Waals surface area contributed by atoms with Gasteiger partial charge in [-0.05, 0) is 30.7 Å². The zero-order valence-corrected chi connectivity index (χ0v) is 13.6. The average molecular weight is 342 g/mol. The predicted octanol–water partition coefficient (Wildman–Crippen LogP) is 3.43. The number of phenols is 2. The summed E-state index contributed by atoms with van der Waals surface area (Å²) in [6.45, 7) is 1.95. The highest BCUT2D eigenvalue weighted by Crippen LogP contribution is 2.28. The van der Waals surface area contributed by atoms with E-state index < -0.39 is 0 Å². The Bertz CT molecular complexity index is 892. The smallest absolute Gasteiger partial charge is 0.277 e. The molecule has 0 amide bonds. The first kappa shape index (κ1) is 16.1. The van der Waals surface area contributed by atoms with Gasteiger partial charge >= 0.3 is 0 Å². The van der Waals surface area contributed by atoms with Gasteiger partial charge in [0.05, 0.1) is 11.3 Å². The van der Waals surface area contributed by atoms with Crippen LogP contribution in [-0.4, -0.2) is 31.9 Å². The average Bonchev–Trinajstić information content (AvgIpc) is 3.02. The van der Waals surface area contributed by atoms with Gasteiger partial charge in [0.15, 0.2) is 5.78 Å². The number of aromatic nitrogens is 2. The van der Waals surface area contributed by atoms with Gasteiger partial charge in [0, 0.05) is 11.6 Å². The summed E-state index contributed by atoms with van der Waals surface area (Å²) in [5.41, 5.74) is 2.00. The molecule has 0 bridgehead atoms. The highest BCUT2D eigenvalue weighted by molar-refractivity contribution is 7.99. The minimum Gasteiger partial charge on any atom is -0.508 e. The molecular formula is C17H14N2O4S. The molecule has 2 aromatic carbocycles. The molecule has 0 spiro atoms. The van der Waals surface area contributed by atoms with Gasteiger partial charge in [0.25, 0.3) is 5.22 Å². The van der Waals surface area contributed by atoms with Crippen molar-refractivity contribution in [3.05, 3.63) is 53.6 Å². The SMILES string of the molecule is Cc1ccccc1-c1nnc(SCC(=O)c2ccc(O)cc2O)o1. The van der Waals surface area contributed by atoms with Gasteiger partial charge in [-0.3, -0.25) is 4.79 Å². The fraction of sp³-hybridized carbons (Fsp3) is 0.118. The molecule has 1 heterocycles. The second kappa shape index (κ2) is 6.76. The number of phenolic OH excluding ortho intramolecular Hbond substituents is 2. The van der Waals surface area contributed by atoms with E-state index in [0.717, 1.165) is 29.0 Å². The van der Waals surface area contributed by atoms with Crippen LogP contribution in [0.5, 0.6) is 11.5 Å². The lowest BCUT2D eigenvalue weighted by Gasteiger charge is -2.03. The van der Waals surface area contributed by atoms with Gasteiger partial charge in [-0.15, -0.1) is 10.2 Å². The standard InChI is InChI=1S/C17H14N2O4S/c1-10-4-2-3-5-12(10)16-18-19-17(23-16)24-9-15(22)13-7-6-11(20)8-14(13)21/h2-8,20-21H,9H2,1H3. The molecule has 0 saturated heterocycles. The third-order valence-electron chi connectivity index (χ3n) is 3.39. The Balaban J connectivity index is 1.69. The molecule has 0 saturated carbocycles. The first-order chi connectivity index (χ1) is 11.5. The summed E-state index contributed by atoms with van der Waals surface area (Å²) in [6, 6.07) is 11.5. The molecule has 0 radical (unpaired) electrons. The van der Waals surface area contributed by atoms with Gasteiger partial charge in [-0.1, -0.05) is 30.0 Å². The number of carbonyl (C=O) groups excluding carboxylic acids is 1. The van der Waals surface area contributed by atoms with E-state index in [1.54, 1.807) is 0 Å². The quantitative estimate of drug-likeness (QED) is 0.541. The Morgan fingerprint density at radius 1 is 1.17 bits per heavy atom. The third-order valence-corrected chi connectivity index (χ3v) is 4.21. The van der Waals surface area contributed by atoms with E-state index in [-0.39, 0.29) is 33.8 Å². The van der Waals surface area contributed by atoms with Gasteiger partial charge in [0.2, 0.25) is 5.89 Å². The van der Waals surface area contributed by atoms with Crippen molar-refractivity contribution in [1.82, 2.24) is 10.2 Å². The van der Waals surface area contributed by atoms with Crippen LogP contribution < -0.4 is 0 Å². The molecule has 3 aromatic rings. The van der Waals surface area contributed by atoms with E-state index in [0.29, 0.717) is 5.89 Å². The molecule has 0 aliphatic heterocycles. The van der Waals surface area contributed by atoms with Gasteiger partial charge in [0.1, 0.15) is 11.5 Å². The van der Waals surface area contributed by atoms with E-state index in [1.165, 1.54) is 12.1 Å². The number of ketones is 1. The first-order valence-electron chi connectivity index (χ1n) is 7.12. The summed E-state index contributed by atoms with van der Waals surface area (Å²) in [5.74, 6) is -0.222. The Morgan fingerprint density at radius 3 is 2.71 bits per heavy atom. The molecule has 24 heavy (non-hydrogen) atoms. The van der Waals surface area contributed by atoms with Crippen molar-refractivity contribution >= 4 is 17.5 Å². The third kappa shape index (κ3) is 3.41. The number of rotatable bonds is 5. The van der Waals surface area contributed by atoms with Crippen LogP contribution in [0, 0.1) is 6.92 Å². The molecule has 0 fully saturated rings. The Hall–Kier alpha value is -2.80. The molecule has 1 aromatic heterocycles. The second-order valence-electron chi connectivity index (χ2n) is 5.10. The molecule has 0 aliphatic rings. The number of Topliss-reactive ketones (excluding diaryl/α,β-unsaturated/α-hetero) is 1. The number of hydrogen-bond acceptors (Lipinski definition) is 7. The molecule has 7 heteroatoms. The fourth-order valence-electron chi connectivity index (χ4n) is 2.15. The molecule has 0 aliphatic carbocycles. The van der Waals surface area contributed by atoms with Crippen molar-refractivity contribution in [3.63, 3.8) is 0 Å². The highest BCUT2D eigenvalue weighted by atomic mass is 32.2. The summed E-state index contributed by atoms with van der Waals surface area (Å²) >= 11 is 1.09. The lowest BCUT2D eigenvalue weighted by molar-refractivity contribution is 0.101. The predicted molar refractivity (Wildman–Crippen MR) is 89.3 cm³/mol. The molecule has 0 atom stereocenters. The second-order valence-corrected chi connectivity index (χ2v) is 6.03. The van der Waals surface area contributed by atoms with Crippen LogP contribution in [-0.2, 0) is 0 Å². The molecule has 6 nitrogen and oxygen atoms in total. The van der Waals surface area contributed by atoms with Gasteiger partial charge < -0.3 is 14.6 Å². The minimum atomic E-state index is -0.298. The van der Waals surface area contributed by atoms with E-state index in [4.69, 9.17) is 4.42 Å². The summed E-state index contributed by atoms with van der Waals surface area (Å²) in [4.78, 5) is 12.1. The minimum absolute atomic E-state index is 0.0355. The maximum absolute atomic E-state index is 12.1. The maximum atomic E-state index is 12.1. The van der Waals surface area contributed by atoms with Crippen molar-refractivity contribution in [1.29, 1.82) is 0 Å². The molecule has 2 N–H and O–H groups in total. The number of aromatic hydroxyl groups is 2. The summed E-state index contributed by atoms with van der Waals surface area (Å²) in [6.07, 6.45) is 0. The number of aryl methyl sites for hydroxylation is 1. The van der Waals surface area contributed by atoms with E-state index >= 15 is 0 Å². The van der Waals surface area contributed by atoms with Crippen molar-refractivity contribution in [3.8, 4) is 23.0 Å². The highest BCUT2D eigenvalue weighted by Gasteiger charge is 2.15. The van der Waals surface area contributed by atoms with Gasteiger partial charge in [-0.2, -0.15) is 0 Å². The first-order valence-corrected chi connectivity index (χ1v) is 8.10.